The van der Waals surface area contributed by atoms with E-state index in [1.807, 2.05) is 6.92 Å². The van der Waals surface area contributed by atoms with Crippen LogP contribution in [0.5, 0.6) is 0 Å². The number of nitrogen functional groups attached to an aromatic ring is 1. The van der Waals surface area contributed by atoms with E-state index in [4.69, 9.17) is 5.73 Å². The Labute approximate surface area is 89.0 Å². The summed E-state index contributed by atoms with van der Waals surface area (Å²) in [6.45, 7) is 1.62. The van der Waals surface area contributed by atoms with Gasteiger partial charge in [0.1, 0.15) is 5.82 Å². The second-order valence-corrected chi connectivity index (χ2v) is 3.55. The predicted molar refractivity (Wildman–Crippen MR) is 59.5 cm³/mol. The van der Waals surface area contributed by atoms with Crippen LogP contribution < -0.4 is 11.1 Å². The maximum atomic E-state index is 9.22. The molecule has 84 valence electrons. The molecule has 5 N–H and O–H groups in total. The quantitative estimate of drug-likeness (QED) is 0.559. The van der Waals surface area contributed by atoms with Crippen molar-refractivity contribution in [2.45, 2.75) is 18.9 Å². The first-order valence-electron chi connectivity index (χ1n) is 4.87. The molecule has 1 aromatic heterocycles. The minimum Gasteiger partial charge on any atom is -0.394 e. The van der Waals surface area contributed by atoms with Crippen molar-refractivity contribution in [2.75, 3.05) is 24.3 Å². The van der Waals surface area contributed by atoms with Crippen LogP contribution in [0.1, 0.15) is 13.3 Å². The summed E-state index contributed by atoms with van der Waals surface area (Å²) in [6.07, 6.45) is 2.19. The van der Waals surface area contributed by atoms with Gasteiger partial charge >= 0.3 is 0 Å². The third-order valence-corrected chi connectivity index (χ3v) is 2.48. The van der Waals surface area contributed by atoms with Crippen molar-refractivity contribution in [3.05, 3.63) is 18.3 Å². The first-order chi connectivity index (χ1) is 7.15. The molecule has 0 saturated carbocycles. The number of nitrogens with one attached hydrogen (secondary N) is 1. The van der Waals surface area contributed by atoms with Crippen molar-refractivity contribution in [1.82, 2.24) is 4.98 Å². The van der Waals surface area contributed by atoms with Crippen molar-refractivity contribution in [2.24, 2.45) is 0 Å². The number of nitrogens with two attached hydrogens (primary N) is 1. The van der Waals surface area contributed by atoms with Crippen molar-refractivity contribution >= 4 is 11.5 Å². The summed E-state index contributed by atoms with van der Waals surface area (Å²) in [6, 6.07) is 3.43. The number of aromatic nitrogens is 1. The van der Waals surface area contributed by atoms with Gasteiger partial charge in [0.25, 0.3) is 0 Å². The molecule has 0 aliphatic carbocycles. The standard InChI is InChI=1S/C10H17N3O2/c1-2-10(6-14,7-15)13-8-3-4-9(11)12-5-8/h3-5,13-15H,2,6-7H2,1H3,(H2,11,12). The zero-order chi connectivity index (χ0) is 11.3. The Morgan fingerprint density at radius 1 is 1.40 bits per heavy atom. The molecule has 0 saturated heterocycles. The summed E-state index contributed by atoms with van der Waals surface area (Å²) in [7, 11) is 0. The van der Waals surface area contributed by atoms with E-state index in [0.29, 0.717) is 12.2 Å². The number of hydrogen-bond acceptors (Lipinski definition) is 5. The largest absolute Gasteiger partial charge is 0.394 e. The molecule has 15 heavy (non-hydrogen) atoms. The fourth-order valence-corrected chi connectivity index (χ4v) is 1.23. The summed E-state index contributed by atoms with van der Waals surface area (Å²) in [4.78, 5) is 3.92. The lowest BCUT2D eigenvalue weighted by Gasteiger charge is -2.30. The number of rotatable bonds is 5. The van der Waals surface area contributed by atoms with Crippen LogP contribution in [0.3, 0.4) is 0 Å². The predicted octanol–water partition coefficient (Wildman–Crippen LogP) is 0.209. The summed E-state index contributed by atoms with van der Waals surface area (Å²) in [5.41, 5.74) is 5.48. The summed E-state index contributed by atoms with van der Waals surface area (Å²) in [5.74, 6) is 0.440. The lowest BCUT2D eigenvalue weighted by molar-refractivity contribution is 0.132. The van der Waals surface area contributed by atoms with Crippen LogP contribution in [0.25, 0.3) is 0 Å². The number of pyridine rings is 1. The van der Waals surface area contributed by atoms with Crippen LogP contribution in [0.4, 0.5) is 11.5 Å². The van der Waals surface area contributed by atoms with Crippen LogP contribution in [-0.4, -0.2) is 33.9 Å². The molecule has 0 aliphatic rings. The lowest BCUT2D eigenvalue weighted by Crippen LogP contribution is -2.45. The highest BCUT2D eigenvalue weighted by Crippen LogP contribution is 2.17. The minimum atomic E-state index is -0.697. The van der Waals surface area contributed by atoms with Crippen LogP contribution in [0, 0.1) is 0 Å². The number of aliphatic hydroxyl groups excluding tert-OH is 2. The zero-order valence-corrected chi connectivity index (χ0v) is 8.77. The first-order valence-corrected chi connectivity index (χ1v) is 4.87. The highest BCUT2D eigenvalue weighted by atomic mass is 16.3. The summed E-state index contributed by atoms with van der Waals surface area (Å²) in [5, 5.41) is 21.5. The second kappa shape index (κ2) is 4.95. The van der Waals surface area contributed by atoms with Gasteiger partial charge in [-0.25, -0.2) is 4.98 Å². The average Bonchev–Trinajstić information content (AvgIpc) is 2.29. The van der Waals surface area contributed by atoms with E-state index in [2.05, 4.69) is 10.3 Å². The van der Waals surface area contributed by atoms with Gasteiger partial charge < -0.3 is 21.3 Å². The van der Waals surface area contributed by atoms with Crippen molar-refractivity contribution in [3.63, 3.8) is 0 Å². The SMILES string of the molecule is CCC(CO)(CO)Nc1ccc(N)nc1. The maximum absolute atomic E-state index is 9.22. The smallest absolute Gasteiger partial charge is 0.123 e. The molecule has 0 radical (unpaired) electrons. The fourth-order valence-electron chi connectivity index (χ4n) is 1.23. The van der Waals surface area contributed by atoms with Crippen LogP contribution in [-0.2, 0) is 0 Å². The molecule has 0 fully saturated rings. The van der Waals surface area contributed by atoms with Crippen LogP contribution in [0.2, 0.25) is 0 Å². The normalized spacial score (nSPS) is 11.4. The molecule has 1 rings (SSSR count). The highest BCUT2D eigenvalue weighted by molar-refractivity contribution is 5.47. The maximum Gasteiger partial charge on any atom is 0.123 e. The Morgan fingerprint density at radius 3 is 2.47 bits per heavy atom. The van der Waals surface area contributed by atoms with E-state index >= 15 is 0 Å². The molecule has 5 heteroatoms. The Balaban J connectivity index is 2.78. The molecular weight excluding hydrogens is 194 g/mol. The molecule has 0 aliphatic heterocycles. The van der Waals surface area contributed by atoms with E-state index in [1.165, 1.54) is 0 Å². The van der Waals surface area contributed by atoms with E-state index in [-0.39, 0.29) is 13.2 Å². The van der Waals surface area contributed by atoms with Crippen LogP contribution >= 0.6 is 0 Å². The fraction of sp³-hybridized carbons (Fsp3) is 0.500. The molecule has 0 unspecified atom stereocenters. The number of nitrogens with zero attached hydrogens (tertiary/aromatic N) is 1. The lowest BCUT2D eigenvalue weighted by atomic mass is 9.98. The monoisotopic (exact) mass is 211 g/mol. The molecule has 0 bridgehead atoms. The average molecular weight is 211 g/mol. The molecule has 0 atom stereocenters. The Morgan fingerprint density at radius 2 is 2.07 bits per heavy atom. The second-order valence-electron chi connectivity index (χ2n) is 3.55. The highest BCUT2D eigenvalue weighted by Gasteiger charge is 2.26. The summed E-state index contributed by atoms with van der Waals surface area (Å²) >= 11 is 0. The van der Waals surface area contributed by atoms with Gasteiger partial charge in [0.05, 0.1) is 30.6 Å². The number of anilines is 2. The Hall–Kier alpha value is -1.33. The van der Waals surface area contributed by atoms with Crippen molar-refractivity contribution in [1.29, 1.82) is 0 Å². The third-order valence-electron chi connectivity index (χ3n) is 2.48. The zero-order valence-electron chi connectivity index (χ0n) is 8.77. The number of aliphatic hydroxyl groups is 2. The first kappa shape index (κ1) is 11.7. The Bertz CT molecular complexity index is 288. The minimum absolute atomic E-state index is 0.135. The van der Waals surface area contributed by atoms with Gasteiger partial charge in [-0.1, -0.05) is 6.92 Å². The molecular formula is C10H17N3O2. The van der Waals surface area contributed by atoms with Gasteiger partial charge in [0, 0.05) is 0 Å². The van der Waals surface area contributed by atoms with Gasteiger partial charge in [-0.2, -0.15) is 0 Å². The van der Waals surface area contributed by atoms with Gasteiger partial charge in [-0.15, -0.1) is 0 Å². The van der Waals surface area contributed by atoms with Crippen molar-refractivity contribution in [3.8, 4) is 0 Å². The van der Waals surface area contributed by atoms with E-state index in [0.717, 1.165) is 5.69 Å². The van der Waals surface area contributed by atoms with Gasteiger partial charge in [-0.3, -0.25) is 0 Å². The summed E-state index contributed by atoms with van der Waals surface area (Å²) < 4.78 is 0. The van der Waals surface area contributed by atoms with Gasteiger partial charge in [0.15, 0.2) is 0 Å². The molecule has 0 spiro atoms. The molecule has 5 nitrogen and oxygen atoms in total. The van der Waals surface area contributed by atoms with E-state index < -0.39 is 5.54 Å². The molecule has 0 aromatic carbocycles. The molecule has 1 heterocycles. The van der Waals surface area contributed by atoms with Crippen molar-refractivity contribution < 1.29 is 10.2 Å². The Kier molecular flexibility index (Phi) is 3.88. The third kappa shape index (κ3) is 2.81. The van der Waals surface area contributed by atoms with E-state index in [9.17, 15) is 10.2 Å². The topological polar surface area (TPSA) is 91.4 Å². The molecule has 0 amide bonds. The van der Waals surface area contributed by atoms with Gasteiger partial charge in [0.2, 0.25) is 0 Å². The van der Waals surface area contributed by atoms with E-state index in [1.54, 1.807) is 18.3 Å². The molecule has 1 aromatic rings. The van der Waals surface area contributed by atoms with Gasteiger partial charge in [-0.05, 0) is 18.6 Å². The van der Waals surface area contributed by atoms with Crippen LogP contribution in [0.15, 0.2) is 18.3 Å². The number of hydrogen-bond donors (Lipinski definition) is 4.